The lowest BCUT2D eigenvalue weighted by molar-refractivity contribution is 0.161. The van der Waals surface area contributed by atoms with Gasteiger partial charge in [-0.1, -0.05) is 74.6 Å². The molecule has 0 bridgehead atoms. The summed E-state index contributed by atoms with van der Waals surface area (Å²) in [4.78, 5) is 0. The van der Waals surface area contributed by atoms with Crippen LogP contribution in [0.1, 0.15) is 57.9 Å². The summed E-state index contributed by atoms with van der Waals surface area (Å²) in [7, 11) is 0. The van der Waals surface area contributed by atoms with Gasteiger partial charge in [-0.2, -0.15) is 0 Å². The third-order valence-corrected chi connectivity index (χ3v) is 3.16. The van der Waals surface area contributed by atoms with Crippen LogP contribution in [0.5, 0.6) is 0 Å². The second-order valence-corrected chi connectivity index (χ2v) is 5.11. The molecule has 0 aliphatic carbocycles. The van der Waals surface area contributed by atoms with Crippen molar-refractivity contribution in [3.05, 3.63) is 41.5 Å². The van der Waals surface area contributed by atoms with Crippen molar-refractivity contribution in [2.75, 3.05) is 0 Å². The van der Waals surface area contributed by atoms with Crippen LogP contribution in [-0.4, -0.2) is 11.2 Å². The molecule has 1 nitrogen and oxygen atoms in total. The second-order valence-electron chi connectivity index (χ2n) is 5.11. The van der Waals surface area contributed by atoms with Crippen molar-refractivity contribution >= 4 is 6.08 Å². The lowest BCUT2D eigenvalue weighted by atomic mass is 10.0. The van der Waals surface area contributed by atoms with Gasteiger partial charge < -0.3 is 5.11 Å². The van der Waals surface area contributed by atoms with Gasteiger partial charge in [0.1, 0.15) is 0 Å². The van der Waals surface area contributed by atoms with E-state index in [9.17, 15) is 5.11 Å². The lowest BCUT2D eigenvalue weighted by Crippen LogP contribution is -2.06. The van der Waals surface area contributed by atoms with Crippen molar-refractivity contribution in [1.29, 1.82) is 0 Å². The third-order valence-electron chi connectivity index (χ3n) is 3.16. The van der Waals surface area contributed by atoms with E-state index in [0.717, 1.165) is 19.3 Å². The fraction of sp³-hybridized carbons (Fsp3) is 0.529. The van der Waals surface area contributed by atoms with Gasteiger partial charge in [-0.3, -0.25) is 0 Å². The highest BCUT2D eigenvalue weighted by Crippen LogP contribution is 2.15. The summed E-state index contributed by atoms with van der Waals surface area (Å²) in [5.74, 6) is 0. The third kappa shape index (κ3) is 6.61. The standard InChI is InChI=1S/C17H26O/c1-3-4-5-9-12-17(18)14-15(2)13-16-10-7-6-8-11-16/h6-8,10-11,13,17-18H,3-5,9,12,14H2,1-2H3/b15-13+/t17-/m1/s1. The number of unbranched alkanes of at least 4 members (excludes halogenated alkanes) is 3. The van der Waals surface area contributed by atoms with E-state index in [1.807, 2.05) is 18.2 Å². The molecule has 100 valence electrons. The second kappa shape index (κ2) is 8.93. The van der Waals surface area contributed by atoms with Crippen LogP contribution in [0.3, 0.4) is 0 Å². The summed E-state index contributed by atoms with van der Waals surface area (Å²) in [5, 5.41) is 9.96. The first kappa shape index (κ1) is 15.0. The van der Waals surface area contributed by atoms with Crippen molar-refractivity contribution < 1.29 is 5.11 Å². The van der Waals surface area contributed by atoms with Crippen molar-refractivity contribution in [1.82, 2.24) is 0 Å². The first-order valence-electron chi connectivity index (χ1n) is 7.12. The van der Waals surface area contributed by atoms with E-state index in [1.165, 1.54) is 30.4 Å². The lowest BCUT2D eigenvalue weighted by Gasteiger charge is -2.10. The SMILES string of the molecule is CCCCCC[C@@H](O)C/C(C)=C/c1ccccc1. The van der Waals surface area contributed by atoms with Crippen LogP contribution in [0.2, 0.25) is 0 Å². The number of rotatable bonds is 8. The zero-order valence-electron chi connectivity index (χ0n) is 11.7. The molecule has 1 heteroatoms. The van der Waals surface area contributed by atoms with E-state index >= 15 is 0 Å². The monoisotopic (exact) mass is 246 g/mol. The number of hydrogen-bond donors (Lipinski definition) is 1. The van der Waals surface area contributed by atoms with Gasteiger partial charge in [0, 0.05) is 0 Å². The minimum atomic E-state index is -0.179. The van der Waals surface area contributed by atoms with Crippen molar-refractivity contribution in [2.45, 2.75) is 58.5 Å². The van der Waals surface area contributed by atoms with Gasteiger partial charge in [0.05, 0.1) is 6.10 Å². The van der Waals surface area contributed by atoms with Crippen LogP contribution in [0.15, 0.2) is 35.9 Å². The van der Waals surface area contributed by atoms with Crippen molar-refractivity contribution in [3.8, 4) is 0 Å². The Labute approximate surface area is 112 Å². The topological polar surface area (TPSA) is 20.2 Å². The fourth-order valence-corrected chi connectivity index (χ4v) is 2.17. The van der Waals surface area contributed by atoms with Gasteiger partial charge in [-0.15, -0.1) is 0 Å². The molecule has 1 aromatic carbocycles. The van der Waals surface area contributed by atoms with Crippen molar-refractivity contribution in [3.63, 3.8) is 0 Å². The molecule has 1 atom stereocenters. The molecule has 0 spiro atoms. The molecular weight excluding hydrogens is 220 g/mol. The Morgan fingerprint density at radius 2 is 1.89 bits per heavy atom. The Morgan fingerprint density at radius 3 is 2.56 bits per heavy atom. The largest absolute Gasteiger partial charge is 0.393 e. The average molecular weight is 246 g/mol. The summed E-state index contributed by atoms with van der Waals surface area (Å²) in [6, 6.07) is 10.3. The Kier molecular flexibility index (Phi) is 7.43. The van der Waals surface area contributed by atoms with Gasteiger partial charge in [0.2, 0.25) is 0 Å². The molecule has 0 fully saturated rings. The molecule has 0 heterocycles. The summed E-state index contributed by atoms with van der Waals surface area (Å²) < 4.78 is 0. The molecule has 0 saturated heterocycles. The highest BCUT2D eigenvalue weighted by atomic mass is 16.3. The molecule has 0 saturated carbocycles. The molecule has 1 N–H and O–H groups in total. The first-order valence-corrected chi connectivity index (χ1v) is 7.12. The Morgan fingerprint density at radius 1 is 1.17 bits per heavy atom. The Bertz CT molecular complexity index is 340. The minimum Gasteiger partial charge on any atom is -0.393 e. The molecular formula is C17H26O. The maximum Gasteiger partial charge on any atom is 0.0577 e. The average Bonchev–Trinajstić information content (AvgIpc) is 2.35. The number of hydrogen-bond acceptors (Lipinski definition) is 1. The number of benzene rings is 1. The van der Waals surface area contributed by atoms with E-state index in [0.29, 0.717) is 0 Å². The summed E-state index contributed by atoms with van der Waals surface area (Å²) in [5.41, 5.74) is 2.47. The van der Waals surface area contributed by atoms with Gasteiger partial charge >= 0.3 is 0 Å². The van der Waals surface area contributed by atoms with E-state index in [1.54, 1.807) is 0 Å². The first-order chi connectivity index (χ1) is 8.72. The van der Waals surface area contributed by atoms with E-state index in [-0.39, 0.29) is 6.10 Å². The van der Waals surface area contributed by atoms with E-state index in [2.05, 4.69) is 32.1 Å². The zero-order valence-corrected chi connectivity index (χ0v) is 11.7. The quantitative estimate of drug-likeness (QED) is 0.652. The highest BCUT2D eigenvalue weighted by Gasteiger charge is 2.04. The maximum absolute atomic E-state index is 9.96. The van der Waals surface area contributed by atoms with Crippen LogP contribution >= 0.6 is 0 Å². The van der Waals surface area contributed by atoms with Gasteiger partial charge in [0.25, 0.3) is 0 Å². The molecule has 1 aromatic rings. The summed E-state index contributed by atoms with van der Waals surface area (Å²) in [6.07, 6.45) is 8.63. The summed E-state index contributed by atoms with van der Waals surface area (Å²) >= 11 is 0. The highest BCUT2D eigenvalue weighted by molar-refractivity contribution is 5.52. The maximum atomic E-state index is 9.96. The normalized spacial score (nSPS) is 13.6. The Hall–Kier alpha value is -1.08. The molecule has 0 aliphatic heterocycles. The van der Waals surface area contributed by atoms with E-state index in [4.69, 9.17) is 0 Å². The van der Waals surface area contributed by atoms with Gasteiger partial charge in [-0.05, 0) is 25.3 Å². The molecule has 0 unspecified atom stereocenters. The summed E-state index contributed by atoms with van der Waals surface area (Å²) in [6.45, 7) is 4.31. The molecule has 0 aliphatic rings. The van der Waals surface area contributed by atoms with Crippen LogP contribution in [0.4, 0.5) is 0 Å². The number of aliphatic hydroxyl groups excluding tert-OH is 1. The number of aliphatic hydroxyl groups is 1. The van der Waals surface area contributed by atoms with Crippen LogP contribution in [0.25, 0.3) is 6.08 Å². The Balaban J connectivity index is 2.30. The predicted octanol–water partition coefficient (Wildman–Crippen LogP) is 4.81. The van der Waals surface area contributed by atoms with Crippen LogP contribution < -0.4 is 0 Å². The predicted molar refractivity (Wildman–Crippen MR) is 79.5 cm³/mol. The fourth-order valence-electron chi connectivity index (χ4n) is 2.17. The zero-order chi connectivity index (χ0) is 13.2. The van der Waals surface area contributed by atoms with Crippen molar-refractivity contribution in [2.24, 2.45) is 0 Å². The van der Waals surface area contributed by atoms with Crippen LogP contribution in [-0.2, 0) is 0 Å². The molecule has 0 amide bonds. The van der Waals surface area contributed by atoms with E-state index < -0.39 is 0 Å². The molecule has 1 rings (SSSR count). The van der Waals surface area contributed by atoms with Gasteiger partial charge in [-0.25, -0.2) is 0 Å². The van der Waals surface area contributed by atoms with Crippen LogP contribution in [0, 0.1) is 0 Å². The minimum absolute atomic E-state index is 0.179. The molecule has 18 heavy (non-hydrogen) atoms. The smallest absolute Gasteiger partial charge is 0.0577 e. The van der Waals surface area contributed by atoms with Gasteiger partial charge in [0.15, 0.2) is 0 Å². The molecule has 0 aromatic heterocycles. The molecule has 0 radical (unpaired) electrons.